The van der Waals surface area contributed by atoms with Crippen molar-refractivity contribution < 1.29 is 15.0 Å². The molecule has 1 amide bonds. The number of nitrogens with one attached hydrogen (secondary N) is 1. The van der Waals surface area contributed by atoms with Crippen LogP contribution in [-0.2, 0) is 17.7 Å². The number of imidazole rings is 1. The van der Waals surface area contributed by atoms with Crippen LogP contribution in [0.1, 0.15) is 5.69 Å². The number of carbonyl (C=O) groups excluding carboxylic acids is 1. The van der Waals surface area contributed by atoms with Crippen LogP contribution in [0.15, 0.2) is 29.0 Å². The van der Waals surface area contributed by atoms with E-state index in [0.717, 1.165) is 6.21 Å². The minimum absolute atomic E-state index is 0.183. The van der Waals surface area contributed by atoms with Crippen LogP contribution < -0.4 is 11.1 Å². The number of nitrogens with zero attached hydrogens (tertiary/aromatic N) is 3. The van der Waals surface area contributed by atoms with Gasteiger partial charge in [0.2, 0.25) is 0 Å². The molecule has 1 unspecified atom stereocenters. The molecule has 1 atom stereocenters. The molecule has 0 bridgehead atoms. The molecule has 17 heavy (non-hydrogen) atoms. The topological polar surface area (TPSA) is 126 Å². The van der Waals surface area contributed by atoms with Crippen LogP contribution in [0, 0.1) is 0 Å². The van der Waals surface area contributed by atoms with E-state index in [1.165, 1.54) is 12.5 Å². The van der Waals surface area contributed by atoms with Gasteiger partial charge in [-0.3, -0.25) is 4.79 Å². The second-order valence-electron chi connectivity index (χ2n) is 3.60. The zero-order valence-corrected chi connectivity index (χ0v) is 8.95. The van der Waals surface area contributed by atoms with Gasteiger partial charge in [0.15, 0.2) is 5.76 Å². The minimum atomic E-state index is -1.90. The Labute approximate surface area is 96.1 Å². The lowest BCUT2D eigenvalue weighted by Gasteiger charge is -2.27. The fourth-order valence-electron chi connectivity index (χ4n) is 1.40. The summed E-state index contributed by atoms with van der Waals surface area (Å²) in [4.78, 5) is 18.6. The number of allylic oxidation sites excluding steroid dienone is 1. The number of hydrogen-bond donors (Lipinski definition) is 4. The summed E-state index contributed by atoms with van der Waals surface area (Å²) in [5.74, 6) is -3.24. The fraction of sp³-hybridized carbons (Fsp3) is 0.222. The number of rotatable bonds is 2. The van der Waals surface area contributed by atoms with Crippen LogP contribution in [0.25, 0.3) is 0 Å². The van der Waals surface area contributed by atoms with Crippen molar-refractivity contribution in [2.45, 2.75) is 5.85 Å². The number of carbonyl (C=O) groups is 1. The first-order valence-electron chi connectivity index (χ1n) is 4.69. The van der Waals surface area contributed by atoms with Crippen molar-refractivity contribution in [3.63, 3.8) is 0 Å². The van der Waals surface area contributed by atoms with Gasteiger partial charge in [-0.05, 0) is 0 Å². The third kappa shape index (κ3) is 1.85. The van der Waals surface area contributed by atoms with E-state index in [-0.39, 0.29) is 11.4 Å². The van der Waals surface area contributed by atoms with Gasteiger partial charge >= 0.3 is 0 Å². The molecule has 0 spiro atoms. The van der Waals surface area contributed by atoms with Gasteiger partial charge in [-0.1, -0.05) is 0 Å². The van der Waals surface area contributed by atoms with Crippen molar-refractivity contribution >= 4 is 12.1 Å². The number of aliphatic hydroxyl groups is 2. The Morgan fingerprint density at radius 2 is 2.35 bits per heavy atom. The molecule has 0 saturated heterocycles. The lowest BCUT2D eigenvalue weighted by molar-refractivity contribution is -0.116. The normalized spacial score (nSPS) is 23.6. The van der Waals surface area contributed by atoms with Crippen LogP contribution in [0.5, 0.6) is 0 Å². The Bertz CT molecular complexity index is 532. The van der Waals surface area contributed by atoms with Gasteiger partial charge < -0.3 is 25.8 Å². The highest BCUT2D eigenvalue weighted by Gasteiger charge is 2.36. The molecule has 0 fully saturated rings. The number of primary amides is 1. The quantitative estimate of drug-likeness (QED) is 0.495. The van der Waals surface area contributed by atoms with Gasteiger partial charge in [0.1, 0.15) is 11.4 Å². The molecular formula is C9H11N5O3. The number of amides is 1. The highest BCUT2D eigenvalue weighted by atomic mass is 16.3. The highest BCUT2D eigenvalue weighted by molar-refractivity contribution is 5.98. The second-order valence-corrected chi connectivity index (χ2v) is 3.60. The van der Waals surface area contributed by atoms with Gasteiger partial charge in [0, 0.05) is 13.2 Å². The summed E-state index contributed by atoms with van der Waals surface area (Å²) in [7, 11) is 1.72. The molecule has 0 aromatic carbocycles. The SMILES string of the molecule is Cn1cnc(C2(O)N=CC(O)=C(C(N)=O)N2)c1. The van der Waals surface area contributed by atoms with Crippen LogP contribution in [0.2, 0.25) is 0 Å². The minimum Gasteiger partial charge on any atom is -0.504 e. The van der Waals surface area contributed by atoms with E-state index in [2.05, 4.69) is 15.3 Å². The summed E-state index contributed by atoms with van der Waals surface area (Å²) in [6.07, 6.45) is 3.93. The Morgan fingerprint density at radius 3 is 2.88 bits per heavy atom. The molecule has 2 rings (SSSR count). The van der Waals surface area contributed by atoms with Gasteiger partial charge in [-0.2, -0.15) is 0 Å². The summed E-state index contributed by atoms with van der Waals surface area (Å²) in [5.41, 5.74) is 4.92. The highest BCUT2D eigenvalue weighted by Crippen LogP contribution is 2.22. The summed E-state index contributed by atoms with van der Waals surface area (Å²) in [6.45, 7) is 0. The Kier molecular flexibility index (Phi) is 2.36. The molecule has 8 nitrogen and oxygen atoms in total. The van der Waals surface area contributed by atoms with Crippen LogP contribution >= 0.6 is 0 Å². The molecule has 1 aromatic heterocycles. The van der Waals surface area contributed by atoms with Crippen molar-refractivity contribution in [2.24, 2.45) is 17.8 Å². The number of aromatic nitrogens is 2. The van der Waals surface area contributed by atoms with Crippen molar-refractivity contribution in [2.75, 3.05) is 0 Å². The lowest BCUT2D eigenvalue weighted by Crippen LogP contribution is -2.46. The predicted octanol–water partition coefficient (Wildman–Crippen LogP) is -1.55. The van der Waals surface area contributed by atoms with E-state index < -0.39 is 17.5 Å². The lowest BCUT2D eigenvalue weighted by atomic mass is 10.2. The van der Waals surface area contributed by atoms with Gasteiger partial charge in [-0.15, -0.1) is 0 Å². The van der Waals surface area contributed by atoms with Gasteiger partial charge in [0.25, 0.3) is 11.8 Å². The van der Waals surface area contributed by atoms with Crippen LogP contribution in [-0.4, -0.2) is 31.9 Å². The van der Waals surface area contributed by atoms with Gasteiger partial charge in [-0.25, -0.2) is 9.98 Å². The summed E-state index contributed by atoms with van der Waals surface area (Å²) < 4.78 is 1.60. The van der Waals surface area contributed by atoms with Crippen molar-refractivity contribution in [1.29, 1.82) is 0 Å². The molecule has 2 heterocycles. The van der Waals surface area contributed by atoms with E-state index in [1.807, 2.05) is 0 Å². The van der Waals surface area contributed by atoms with Gasteiger partial charge in [0.05, 0.1) is 12.5 Å². The summed E-state index contributed by atoms with van der Waals surface area (Å²) in [5, 5.41) is 21.9. The summed E-state index contributed by atoms with van der Waals surface area (Å²) in [6, 6.07) is 0. The van der Waals surface area contributed by atoms with Crippen molar-refractivity contribution in [3.8, 4) is 0 Å². The first-order valence-corrected chi connectivity index (χ1v) is 4.69. The Balaban J connectivity index is 2.38. The van der Waals surface area contributed by atoms with E-state index >= 15 is 0 Å². The molecule has 1 aliphatic heterocycles. The van der Waals surface area contributed by atoms with Crippen molar-refractivity contribution in [1.82, 2.24) is 14.9 Å². The first kappa shape index (κ1) is 11.1. The Morgan fingerprint density at radius 1 is 1.65 bits per heavy atom. The molecule has 1 aliphatic rings. The zero-order chi connectivity index (χ0) is 12.6. The first-order chi connectivity index (χ1) is 7.92. The number of aryl methyl sites for hydroxylation is 1. The molecule has 0 radical (unpaired) electrons. The standard InChI is InChI=1S/C9H11N5O3/c1-14-3-6(11-4-14)9(17)12-2-5(15)7(13-9)8(10)16/h2-4,13,15,17H,1H3,(H2,10,16). The third-order valence-electron chi connectivity index (χ3n) is 2.24. The predicted molar refractivity (Wildman–Crippen MR) is 57.6 cm³/mol. The maximum atomic E-state index is 11.0. The molecule has 8 heteroatoms. The molecule has 5 N–H and O–H groups in total. The zero-order valence-electron chi connectivity index (χ0n) is 8.95. The number of nitrogens with two attached hydrogens (primary N) is 1. The van der Waals surface area contributed by atoms with E-state index in [4.69, 9.17) is 5.73 Å². The van der Waals surface area contributed by atoms with E-state index in [0.29, 0.717) is 0 Å². The van der Waals surface area contributed by atoms with E-state index in [1.54, 1.807) is 11.6 Å². The molecular weight excluding hydrogens is 226 g/mol. The maximum absolute atomic E-state index is 11.0. The number of aliphatic imine (C=N–C) groups is 1. The fourth-order valence-corrected chi connectivity index (χ4v) is 1.40. The smallest absolute Gasteiger partial charge is 0.281 e. The second kappa shape index (κ2) is 3.59. The van der Waals surface area contributed by atoms with Crippen LogP contribution in [0.3, 0.4) is 0 Å². The average Bonchev–Trinajstić information content (AvgIpc) is 2.69. The third-order valence-corrected chi connectivity index (χ3v) is 2.24. The van der Waals surface area contributed by atoms with E-state index in [9.17, 15) is 15.0 Å². The number of hydrogen-bond acceptors (Lipinski definition) is 6. The molecule has 1 aromatic rings. The molecule has 0 saturated carbocycles. The largest absolute Gasteiger partial charge is 0.504 e. The maximum Gasteiger partial charge on any atom is 0.281 e. The molecule has 0 aliphatic carbocycles. The molecule has 90 valence electrons. The monoisotopic (exact) mass is 237 g/mol. The average molecular weight is 237 g/mol. The van der Waals surface area contributed by atoms with Crippen molar-refractivity contribution in [3.05, 3.63) is 29.7 Å². The Hall–Kier alpha value is -2.35. The summed E-state index contributed by atoms with van der Waals surface area (Å²) >= 11 is 0. The van der Waals surface area contributed by atoms with Crippen LogP contribution in [0.4, 0.5) is 0 Å². The number of aliphatic hydroxyl groups excluding tert-OH is 1.